The molecule has 17 N–H and O–H groups in total. The molecule has 0 radical (unpaired) electrons. The number of phosphoric acid groups is 3. The Kier molecular flexibility index (Phi) is 18.6. The highest BCUT2D eigenvalue weighted by molar-refractivity contribution is 7.64. The van der Waals surface area contributed by atoms with Gasteiger partial charge in [0.1, 0.15) is 78.8 Å². The lowest BCUT2D eigenvalue weighted by molar-refractivity contribution is -0.669. The fourth-order valence-corrected chi connectivity index (χ4v) is 11.2. The van der Waals surface area contributed by atoms with Gasteiger partial charge in [0.25, 0.3) is 21.3 Å². The quantitative estimate of drug-likeness (QED) is 0.0229. The minimum absolute atomic E-state index is 0.00964. The highest BCUT2D eigenvalue weighted by atomic mass is 35.5. The second-order valence-electron chi connectivity index (χ2n) is 16.7. The van der Waals surface area contributed by atoms with E-state index in [9.17, 15) is 63.9 Å². The Morgan fingerprint density at radius 3 is 1.70 bits per heavy atom. The molecule has 3 aliphatic heterocycles. The molecule has 0 bridgehead atoms. The van der Waals surface area contributed by atoms with Crippen molar-refractivity contribution in [2.75, 3.05) is 61.8 Å². The lowest BCUT2D eigenvalue weighted by Crippen LogP contribution is -2.48. The van der Waals surface area contributed by atoms with E-state index >= 15 is 0 Å². The lowest BCUT2D eigenvalue weighted by atomic mass is 10.1. The number of aliphatic hydroxyl groups excluding tert-OH is 8. The number of imidazole rings is 3. The maximum atomic E-state index is 11.7. The molecule has 5 unspecified atom stereocenters. The number of aromatic nitrogens is 12. The number of nitrogen functional groups attached to an aromatic ring is 3. The van der Waals surface area contributed by atoms with Gasteiger partial charge in [0.15, 0.2) is 39.6 Å². The summed E-state index contributed by atoms with van der Waals surface area (Å²) in [6.07, 6.45) is -9.08. The maximum absolute atomic E-state index is 11.7. The Morgan fingerprint density at radius 2 is 1.17 bits per heavy atom. The van der Waals surface area contributed by atoms with Crippen LogP contribution in [-0.4, -0.2) is 202 Å². The smallest absolute Gasteiger partial charge is 0.347 e. The van der Waals surface area contributed by atoms with Crippen LogP contribution in [0.15, 0.2) is 19.0 Å². The largest absolute Gasteiger partial charge is 0.790 e. The first kappa shape index (κ1) is 59.6. The van der Waals surface area contributed by atoms with E-state index in [1.54, 1.807) is 23.2 Å². The monoisotopic (exact) mass is 1170 g/mol. The van der Waals surface area contributed by atoms with E-state index in [0.717, 1.165) is 0 Å². The van der Waals surface area contributed by atoms with Crippen LogP contribution in [-0.2, 0) is 60.7 Å². The van der Waals surface area contributed by atoms with Crippen LogP contribution in [0.25, 0.3) is 33.5 Å². The van der Waals surface area contributed by atoms with Crippen LogP contribution in [0.3, 0.4) is 0 Å². The number of H-pyrrole nitrogens is 1. The van der Waals surface area contributed by atoms with Gasteiger partial charge < -0.3 is 126 Å². The van der Waals surface area contributed by atoms with Crippen molar-refractivity contribution in [2.45, 2.75) is 92.9 Å². The maximum Gasteiger partial charge on any atom is 0.347 e. The number of phosphoric ester groups is 1. The third-order valence-corrected chi connectivity index (χ3v) is 15.6. The number of hydrogen-bond donors (Lipinski definition) is 14. The fourth-order valence-electron chi connectivity index (χ4n) is 8.08. The van der Waals surface area contributed by atoms with Crippen molar-refractivity contribution in [1.29, 1.82) is 0 Å². The number of ether oxygens (including phenoxy) is 3. The summed E-state index contributed by atoms with van der Waals surface area (Å²) in [5.74, 6) is 0.959. The number of nitrogens with one attached hydrogen (secondary N) is 3. The molecule has 6 aromatic heterocycles. The van der Waals surface area contributed by atoms with Crippen LogP contribution < -0.4 is 52.0 Å². The second kappa shape index (κ2) is 24.1. The molecule has 77 heavy (non-hydrogen) atoms. The molecule has 0 saturated carbocycles. The van der Waals surface area contributed by atoms with Crippen molar-refractivity contribution in [3.63, 3.8) is 0 Å². The number of rotatable bonds is 17. The van der Waals surface area contributed by atoms with Crippen LogP contribution in [0.2, 0.25) is 5.15 Å². The highest BCUT2D eigenvalue weighted by Gasteiger charge is 2.46. The average molecular weight is 1170 g/mol. The first-order valence-corrected chi connectivity index (χ1v) is 26.9. The number of nitrogens with two attached hydrogens (primary N) is 3. The first-order valence-electron chi connectivity index (χ1n) is 22.2. The number of aliphatic hydroxyl groups is 8. The molecule has 3 saturated heterocycles. The Bertz CT molecular complexity index is 3180. The summed E-state index contributed by atoms with van der Waals surface area (Å²) >= 11 is 5.93. The van der Waals surface area contributed by atoms with Gasteiger partial charge in [-0.2, -0.15) is 19.9 Å². The topological polar surface area (TPSA) is 595 Å². The average Bonchev–Trinajstić information content (AvgIpc) is 4.26. The molecule has 0 spiro atoms. The van der Waals surface area contributed by atoms with Gasteiger partial charge >= 0.3 is 5.95 Å². The molecule has 38 nitrogen and oxygen atoms in total. The van der Waals surface area contributed by atoms with Gasteiger partial charge in [0.2, 0.25) is 17.7 Å². The highest BCUT2D eigenvalue weighted by Crippen LogP contribution is 2.60. The summed E-state index contributed by atoms with van der Waals surface area (Å²) < 4.78 is 64.8. The summed E-state index contributed by atoms with van der Waals surface area (Å²) in [7, 11) is -14.8. The molecule has 9 rings (SSSR count). The third-order valence-electron chi connectivity index (χ3n) is 11.7. The van der Waals surface area contributed by atoms with Gasteiger partial charge in [-0.3, -0.25) is 13.4 Å². The predicted molar refractivity (Wildman–Crippen MR) is 249 cm³/mol. The number of nitrogens with zero attached hydrogens (tertiary/aromatic N) is 11. The van der Waals surface area contributed by atoms with E-state index in [-0.39, 0.29) is 55.8 Å². The van der Waals surface area contributed by atoms with E-state index in [2.05, 4.69) is 68.6 Å². The molecule has 0 amide bonds. The number of hydrogen-bond acceptors (Lipinski definition) is 34. The van der Waals surface area contributed by atoms with Gasteiger partial charge in [-0.25, -0.2) is 18.8 Å². The summed E-state index contributed by atoms with van der Waals surface area (Å²) in [5, 5.41) is 84.0. The molecule has 6 aromatic rings. The molecule has 3 aliphatic rings. The van der Waals surface area contributed by atoms with Crippen LogP contribution in [0.1, 0.15) is 0 Å². The fraction of sp³-hybridized carbons (Fsp3) is 0.571. The van der Waals surface area contributed by atoms with Crippen molar-refractivity contribution in [3.8, 4) is 0 Å². The molecule has 0 aliphatic carbocycles. The predicted octanol–water partition coefficient (Wildman–Crippen LogP) is -8.35. The van der Waals surface area contributed by atoms with Crippen LogP contribution in [0.5, 0.6) is 0 Å². The van der Waals surface area contributed by atoms with Crippen molar-refractivity contribution in [2.24, 2.45) is 0 Å². The van der Waals surface area contributed by atoms with Crippen molar-refractivity contribution < 1.29 is 106 Å². The molecular formula is C35H50ClN17O21P3-3. The van der Waals surface area contributed by atoms with E-state index in [0.29, 0.717) is 45.1 Å². The van der Waals surface area contributed by atoms with Crippen LogP contribution in [0.4, 0.5) is 29.5 Å². The van der Waals surface area contributed by atoms with Crippen molar-refractivity contribution >= 4 is 98.0 Å². The summed E-state index contributed by atoms with van der Waals surface area (Å²) in [6, 6.07) is 0. The molecule has 42 heteroatoms. The Hall–Kier alpha value is -5.09. The standard InChI is InChI=1S/C12H21N6O13P3.C12H18N6O4.C11H14ClN5O4/c1-14-10-7-11(16-4-15-7)18(12(13)17-10)2-5-8(19)9(20)6(29-5)3-28-33(24,25)31-34(26,27)30-32(21,22)23;1-14-10-7-11(17-12(13)16-10)18(4-15-7)2-5-8(20)9(21)6(3-19)22-5;12-9-6-10(16-11(13)15-9)17(3-14-6)1-4-7(19)8(20)5(2-18)21-4/h4-6,8-9,19-20H,2-3H2,1H3,(H7,13,14,15,16,17,21,22,23,24,25,26,27);4-6,8-9,19-21H,2-3H2,1H3,(H3,13,14,16,17);3-5,7-8,18-20H,1-2H2,(H2,13,15,16)/p-3/t2*5-,6+,8+,9?;4-,5+,7+,8?/m000/s1. The van der Waals surface area contributed by atoms with E-state index in [1.165, 1.54) is 23.5 Å². The van der Waals surface area contributed by atoms with Crippen LogP contribution in [0, 0.1) is 0 Å². The Morgan fingerprint density at radius 1 is 0.675 bits per heavy atom. The minimum atomic E-state index is -6.14. The van der Waals surface area contributed by atoms with Gasteiger partial charge in [-0.05, 0) is 0 Å². The zero-order chi connectivity index (χ0) is 56.5. The lowest BCUT2D eigenvalue weighted by Gasteiger charge is -2.37. The summed E-state index contributed by atoms with van der Waals surface area (Å²) in [4.78, 5) is 79.0. The second-order valence-corrected chi connectivity index (χ2v) is 21.3. The zero-order valence-corrected chi connectivity index (χ0v) is 43.1. The third kappa shape index (κ3) is 13.7. The van der Waals surface area contributed by atoms with Gasteiger partial charge in [0.05, 0.1) is 59.9 Å². The molecular weight excluding hydrogens is 1120 g/mol. The number of aromatic amines is 1. The van der Waals surface area contributed by atoms with Gasteiger partial charge in [-0.1, -0.05) is 16.6 Å². The minimum Gasteiger partial charge on any atom is -0.790 e. The SMILES string of the molecule is CNc1nc(N)[n+](C[C@@H]2O[C@H](COP(=O)([O-])OP(=O)([O-])OP(=O)([O-])[O-])C(O)[C@@H]2O)c2nc[nH]c12.CNc1nc(N)nc2c1ncn2C[C@@H]1O[C@H](CO)C(O)[C@@H]1O.Nc1nc(Cl)c2ncn(C[C@@H]3O[C@H](CO)C(O)[C@@H]3O)c2n1. The van der Waals surface area contributed by atoms with E-state index < -0.39 is 103 Å². The summed E-state index contributed by atoms with van der Waals surface area (Å²) in [6.45, 7) is -1.60. The first-order chi connectivity index (χ1) is 36.2. The van der Waals surface area contributed by atoms with E-state index in [1.807, 2.05) is 0 Å². The zero-order valence-electron chi connectivity index (χ0n) is 39.7. The van der Waals surface area contributed by atoms with Crippen molar-refractivity contribution in [3.05, 3.63) is 24.1 Å². The van der Waals surface area contributed by atoms with E-state index in [4.69, 9.17) is 53.2 Å². The summed E-state index contributed by atoms with van der Waals surface area (Å²) in [5.41, 5.74) is 19.8. The number of halogens is 1. The molecule has 3 fully saturated rings. The number of fused-ring (bicyclic) bond motifs is 3. The molecule has 426 valence electrons. The Labute approximate surface area is 435 Å². The van der Waals surface area contributed by atoms with Crippen LogP contribution >= 0.6 is 35.1 Å². The molecule has 9 heterocycles. The normalized spacial score (nSPS) is 28.0. The molecule has 0 aromatic carbocycles. The van der Waals surface area contributed by atoms with Crippen molar-refractivity contribution in [1.82, 2.24) is 54.0 Å². The number of anilines is 5. The molecule has 14 atom stereocenters. The van der Waals surface area contributed by atoms with Gasteiger partial charge in [-0.15, -0.1) is 4.98 Å². The Balaban J connectivity index is 0.000000175. The van der Waals surface area contributed by atoms with Gasteiger partial charge in [0, 0.05) is 14.1 Å².